The average molecular weight is 385 g/mol. The second-order valence-electron chi connectivity index (χ2n) is 5.96. The van der Waals surface area contributed by atoms with E-state index in [4.69, 9.17) is 0 Å². The summed E-state index contributed by atoms with van der Waals surface area (Å²) in [5.74, 6) is 0. The molecule has 0 aliphatic carbocycles. The van der Waals surface area contributed by atoms with Crippen LogP contribution < -0.4 is 3.58 Å². The molecule has 0 aliphatic heterocycles. The molecular weight excluding hydrogens is 351 g/mol. The Bertz CT molecular complexity index is 302. The predicted octanol–water partition coefficient (Wildman–Crippen LogP) is 4.92. The number of benzene rings is 1. The molecule has 0 heterocycles. The van der Waals surface area contributed by atoms with Gasteiger partial charge in [0.15, 0.2) is 0 Å². The molecule has 116 valence electrons. The van der Waals surface area contributed by atoms with Crippen LogP contribution in [0.2, 0.25) is 13.3 Å². The van der Waals surface area contributed by atoms with Crippen LogP contribution in [0.5, 0.6) is 0 Å². The molecule has 0 amide bonds. The number of hydrogen-bond donors (Lipinski definition) is 0. The Labute approximate surface area is 130 Å². The Hall–Kier alpha value is -0.0213. The second kappa shape index (κ2) is 11.6. The van der Waals surface area contributed by atoms with Crippen molar-refractivity contribution in [2.45, 2.75) is 72.6 Å². The Morgan fingerprint density at radius 2 is 1.10 bits per heavy atom. The summed E-state index contributed by atoms with van der Waals surface area (Å²) in [6, 6.07) is 11.6. The first-order chi connectivity index (χ1) is 9.29. The van der Waals surface area contributed by atoms with E-state index < -0.39 is 18.4 Å². The van der Waals surface area contributed by atoms with Gasteiger partial charge in [0, 0.05) is 0 Å². The fourth-order valence-corrected chi connectivity index (χ4v) is 19.1. The zero-order valence-corrected chi connectivity index (χ0v) is 16.6. The normalized spacial score (nSPS) is 11.2. The largest absolute Gasteiger partial charge is 0.412 e. The van der Waals surface area contributed by atoms with Gasteiger partial charge in [0.2, 0.25) is 0 Å². The van der Waals surface area contributed by atoms with Gasteiger partial charge < -0.3 is 5.48 Å². The first kappa shape index (κ1) is 20.0. The van der Waals surface area contributed by atoms with Crippen LogP contribution in [0.25, 0.3) is 0 Å². The zero-order valence-electron chi connectivity index (χ0n) is 13.8. The van der Waals surface area contributed by atoms with Gasteiger partial charge >= 0.3 is 125 Å². The van der Waals surface area contributed by atoms with Crippen LogP contribution in [0, 0.1) is 0 Å². The Balaban J connectivity index is 0.00000361. The van der Waals surface area contributed by atoms with Gasteiger partial charge in [-0.25, -0.2) is 0 Å². The molecular formula is C18H34OSn. The quantitative estimate of drug-likeness (QED) is 0.513. The van der Waals surface area contributed by atoms with Crippen LogP contribution in [0.15, 0.2) is 30.3 Å². The third-order valence-corrected chi connectivity index (χ3v) is 20.1. The summed E-state index contributed by atoms with van der Waals surface area (Å²) in [5.41, 5.74) is 0. The van der Waals surface area contributed by atoms with Crippen molar-refractivity contribution in [2.75, 3.05) is 0 Å². The first-order valence-corrected chi connectivity index (χ1v) is 15.8. The van der Waals surface area contributed by atoms with Gasteiger partial charge in [0.25, 0.3) is 0 Å². The molecule has 1 nitrogen and oxygen atoms in total. The van der Waals surface area contributed by atoms with Crippen molar-refractivity contribution in [3.63, 3.8) is 0 Å². The smallest absolute Gasteiger partial charge is 0.412 e. The maximum Gasteiger partial charge on any atom is -0.412 e. The fourth-order valence-electron chi connectivity index (χ4n) is 3.15. The third kappa shape index (κ3) is 6.17. The van der Waals surface area contributed by atoms with Gasteiger partial charge in [-0.3, -0.25) is 0 Å². The van der Waals surface area contributed by atoms with E-state index in [0.29, 0.717) is 0 Å². The van der Waals surface area contributed by atoms with Gasteiger partial charge in [-0.05, 0) is 0 Å². The van der Waals surface area contributed by atoms with Crippen molar-refractivity contribution in [1.29, 1.82) is 0 Å². The molecule has 0 atom stereocenters. The Kier molecular flexibility index (Phi) is 11.6. The van der Waals surface area contributed by atoms with E-state index >= 15 is 0 Å². The summed E-state index contributed by atoms with van der Waals surface area (Å²) in [6.07, 6.45) is 8.46. The van der Waals surface area contributed by atoms with Gasteiger partial charge in [-0.2, -0.15) is 0 Å². The van der Waals surface area contributed by atoms with Crippen molar-refractivity contribution in [1.82, 2.24) is 0 Å². The van der Waals surface area contributed by atoms with Crippen molar-refractivity contribution >= 4 is 22.0 Å². The molecule has 0 bridgehead atoms. The van der Waals surface area contributed by atoms with E-state index in [-0.39, 0.29) is 5.48 Å². The SMILES string of the molecule is CCC[CH2][Sn]([CH2]CCC)([CH2]CCC)[c]1ccccc1.O. The summed E-state index contributed by atoms with van der Waals surface area (Å²) in [7, 11) is 0. The van der Waals surface area contributed by atoms with Crippen LogP contribution in [0.3, 0.4) is 0 Å². The Morgan fingerprint density at radius 3 is 1.45 bits per heavy atom. The monoisotopic (exact) mass is 386 g/mol. The fraction of sp³-hybridized carbons (Fsp3) is 0.667. The molecule has 0 radical (unpaired) electrons. The molecule has 1 aromatic carbocycles. The molecule has 0 aromatic heterocycles. The summed E-state index contributed by atoms with van der Waals surface area (Å²) in [5, 5.41) is 0. The molecule has 0 fully saturated rings. The maximum atomic E-state index is 2.46. The number of rotatable bonds is 10. The van der Waals surface area contributed by atoms with E-state index in [2.05, 4.69) is 51.1 Å². The number of hydrogen-bond acceptors (Lipinski definition) is 0. The molecule has 0 saturated heterocycles. The minimum Gasteiger partial charge on any atom is -0.412 e. The second-order valence-corrected chi connectivity index (χ2v) is 19.2. The molecule has 20 heavy (non-hydrogen) atoms. The van der Waals surface area contributed by atoms with Gasteiger partial charge in [-0.1, -0.05) is 0 Å². The van der Waals surface area contributed by atoms with Gasteiger partial charge in [0.05, 0.1) is 0 Å². The molecule has 2 N–H and O–H groups in total. The first-order valence-electron chi connectivity index (χ1n) is 8.34. The van der Waals surface area contributed by atoms with Crippen LogP contribution >= 0.6 is 0 Å². The van der Waals surface area contributed by atoms with E-state index in [9.17, 15) is 0 Å². The minimum absolute atomic E-state index is 0. The topological polar surface area (TPSA) is 31.5 Å². The molecule has 1 rings (SSSR count). The summed E-state index contributed by atoms with van der Waals surface area (Å²) in [4.78, 5) is 0. The van der Waals surface area contributed by atoms with Crippen LogP contribution in [0.1, 0.15) is 59.3 Å². The summed E-state index contributed by atoms with van der Waals surface area (Å²) in [6.45, 7) is 7.05. The van der Waals surface area contributed by atoms with E-state index in [1.54, 1.807) is 16.9 Å². The van der Waals surface area contributed by atoms with Gasteiger partial charge in [-0.15, -0.1) is 0 Å². The van der Waals surface area contributed by atoms with Crippen molar-refractivity contribution < 1.29 is 5.48 Å². The van der Waals surface area contributed by atoms with Crippen molar-refractivity contribution in [3.8, 4) is 0 Å². The standard InChI is InChI=1S/C6H5.3C4H9.H2O.Sn/c1-2-4-6-5-3-1;3*1-3-4-2;;/h1-5H;3*1,3-4H2,2H3;1H2;. The van der Waals surface area contributed by atoms with Crippen molar-refractivity contribution in [2.24, 2.45) is 0 Å². The minimum atomic E-state index is -2.10. The van der Waals surface area contributed by atoms with Crippen LogP contribution in [0.4, 0.5) is 0 Å². The molecule has 1 aromatic rings. The number of unbranched alkanes of at least 4 members (excludes halogenated alkanes) is 3. The van der Waals surface area contributed by atoms with Crippen LogP contribution in [-0.4, -0.2) is 23.9 Å². The van der Waals surface area contributed by atoms with E-state index in [1.807, 2.05) is 0 Å². The average Bonchev–Trinajstić information content (AvgIpc) is 2.48. The van der Waals surface area contributed by atoms with Crippen LogP contribution in [-0.2, 0) is 0 Å². The molecule has 2 heteroatoms. The Morgan fingerprint density at radius 1 is 0.700 bits per heavy atom. The summed E-state index contributed by atoms with van der Waals surface area (Å²) < 4.78 is 6.53. The van der Waals surface area contributed by atoms with E-state index in [1.165, 1.54) is 38.5 Å². The van der Waals surface area contributed by atoms with Gasteiger partial charge in [0.1, 0.15) is 0 Å². The maximum absolute atomic E-state index is 2.46. The zero-order chi connectivity index (χ0) is 14.0. The predicted molar refractivity (Wildman–Crippen MR) is 94.6 cm³/mol. The molecule has 0 saturated carbocycles. The third-order valence-electron chi connectivity index (χ3n) is 4.41. The van der Waals surface area contributed by atoms with E-state index in [0.717, 1.165) is 0 Å². The molecule has 0 unspecified atom stereocenters. The summed E-state index contributed by atoms with van der Waals surface area (Å²) >= 11 is -2.10. The molecule has 0 aliphatic rings. The molecule has 0 spiro atoms. The van der Waals surface area contributed by atoms with Crippen molar-refractivity contribution in [3.05, 3.63) is 30.3 Å².